The van der Waals surface area contributed by atoms with E-state index in [1.54, 1.807) is 17.5 Å². The second-order valence-electron chi connectivity index (χ2n) is 5.82. The average Bonchev–Trinajstić information content (AvgIpc) is 3.07. The normalized spacial score (nSPS) is 10.4. The van der Waals surface area contributed by atoms with Crippen molar-refractivity contribution in [3.8, 4) is 17.4 Å². The van der Waals surface area contributed by atoms with Gasteiger partial charge in [0.05, 0.1) is 23.7 Å². The van der Waals surface area contributed by atoms with Crippen LogP contribution in [0, 0.1) is 6.92 Å². The first-order valence-electron chi connectivity index (χ1n) is 8.65. The minimum atomic E-state index is -0.0638. The predicted octanol–water partition coefficient (Wildman–Crippen LogP) is 3.90. The molecular weight excluding hydrogens is 362 g/mol. The first kappa shape index (κ1) is 18.8. The zero-order chi connectivity index (χ0) is 19.1. The summed E-state index contributed by atoms with van der Waals surface area (Å²) in [7, 11) is 0. The van der Waals surface area contributed by atoms with Gasteiger partial charge in [-0.1, -0.05) is 0 Å². The van der Waals surface area contributed by atoms with E-state index in [0.717, 1.165) is 22.0 Å². The molecular formula is C20H21N3O3S. The molecule has 0 fully saturated rings. The molecule has 6 nitrogen and oxygen atoms in total. The lowest BCUT2D eigenvalue weighted by Gasteiger charge is -2.08. The Labute approximate surface area is 162 Å². The molecule has 0 bridgehead atoms. The zero-order valence-electron chi connectivity index (χ0n) is 15.3. The highest BCUT2D eigenvalue weighted by Crippen LogP contribution is 2.23. The standard InChI is InChI=1S/C20H21N3O3S/c1-3-25-17-4-6-18(7-5-17)26-20-10-15(8-9-21-20)12-22-19(24)11-16-13-27-14(2)23-16/h4-10,13H,3,11-12H2,1-2H3,(H,22,24). The second-order valence-corrected chi connectivity index (χ2v) is 6.88. The summed E-state index contributed by atoms with van der Waals surface area (Å²) in [5.41, 5.74) is 1.71. The van der Waals surface area contributed by atoms with Crippen LogP contribution in [0.5, 0.6) is 17.4 Å². The molecule has 2 aromatic heterocycles. The largest absolute Gasteiger partial charge is 0.494 e. The number of rotatable bonds is 8. The summed E-state index contributed by atoms with van der Waals surface area (Å²) >= 11 is 1.54. The van der Waals surface area contributed by atoms with Gasteiger partial charge in [-0.3, -0.25) is 4.79 Å². The summed E-state index contributed by atoms with van der Waals surface area (Å²) in [4.78, 5) is 20.6. The van der Waals surface area contributed by atoms with E-state index in [1.165, 1.54) is 0 Å². The quantitative estimate of drug-likeness (QED) is 0.639. The Balaban J connectivity index is 1.54. The highest BCUT2D eigenvalue weighted by Gasteiger charge is 2.07. The molecule has 0 aliphatic carbocycles. The Morgan fingerprint density at radius 1 is 1.19 bits per heavy atom. The van der Waals surface area contributed by atoms with Crippen LogP contribution in [-0.4, -0.2) is 22.5 Å². The number of benzene rings is 1. The number of nitrogens with zero attached hydrogens (tertiary/aromatic N) is 2. The lowest BCUT2D eigenvalue weighted by atomic mass is 10.2. The molecule has 1 aromatic carbocycles. The molecule has 27 heavy (non-hydrogen) atoms. The van der Waals surface area contributed by atoms with Gasteiger partial charge in [0.2, 0.25) is 11.8 Å². The van der Waals surface area contributed by atoms with Gasteiger partial charge in [0.1, 0.15) is 11.5 Å². The summed E-state index contributed by atoms with van der Waals surface area (Å²) in [6.07, 6.45) is 1.94. The molecule has 0 radical (unpaired) electrons. The number of pyridine rings is 1. The molecule has 0 saturated carbocycles. The number of hydrogen-bond donors (Lipinski definition) is 1. The van der Waals surface area contributed by atoms with Crippen molar-refractivity contribution in [3.05, 3.63) is 64.2 Å². The Hall–Kier alpha value is -2.93. The number of ether oxygens (including phenoxy) is 2. The predicted molar refractivity (Wildman–Crippen MR) is 104 cm³/mol. The van der Waals surface area contributed by atoms with Crippen LogP contribution in [0.25, 0.3) is 0 Å². The van der Waals surface area contributed by atoms with Gasteiger partial charge in [-0.15, -0.1) is 11.3 Å². The molecule has 0 atom stereocenters. The van der Waals surface area contributed by atoms with Gasteiger partial charge in [-0.25, -0.2) is 9.97 Å². The third-order valence-electron chi connectivity index (χ3n) is 3.65. The van der Waals surface area contributed by atoms with Gasteiger partial charge in [0.15, 0.2) is 0 Å². The van der Waals surface area contributed by atoms with Gasteiger partial charge in [0, 0.05) is 24.2 Å². The number of carbonyl (C=O) groups excluding carboxylic acids is 1. The lowest BCUT2D eigenvalue weighted by molar-refractivity contribution is -0.120. The highest BCUT2D eigenvalue weighted by molar-refractivity contribution is 7.09. The SMILES string of the molecule is CCOc1ccc(Oc2cc(CNC(=O)Cc3csc(C)n3)ccn2)cc1. The third kappa shape index (κ3) is 5.79. The summed E-state index contributed by atoms with van der Waals surface area (Å²) in [6.45, 7) is 4.90. The summed E-state index contributed by atoms with van der Waals surface area (Å²) in [6, 6.07) is 11.0. The maximum atomic E-state index is 12.1. The van der Waals surface area contributed by atoms with Crippen molar-refractivity contribution in [1.29, 1.82) is 0 Å². The fraction of sp³-hybridized carbons (Fsp3) is 0.250. The summed E-state index contributed by atoms with van der Waals surface area (Å²) in [5, 5.41) is 5.76. The van der Waals surface area contributed by atoms with E-state index in [2.05, 4.69) is 15.3 Å². The minimum absolute atomic E-state index is 0.0638. The molecule has 3 aromatic rings. The van der Waals surface area contributed by atoms with E-state index < -0.39 is 0 Å². The van der Waals surface area contributed by atoms with Crippen molar-refractivity contribution in [2.24, 2.45) is 0 Å². The average molecular weight is 383 g/mol. The second kappa shape index (κ2) is 9.14. The van der Waals surface area contributed by atoms with Gasteiger partial charge in [-0.2, -0.15) is 0 Å². The van der Waals surface area contributed by atoms with E-state index in [9.17, 15) is 4.79 Å². The van der Waals surface area contributed by atoms with Crippen molar-refractivity contribution >= 4 is 17.2 Å². The van der Waals surface area contributed by atoms with Gasteiger partial charge < -0.3 is 14.8 Å². The highest BCUT2D eigenvalue weighted by atomic mass is 32.1. The Bertz CT molecular complexity index is 893. The molecule has 140 valence electrons. The molecule has 3 rings (SSSR count). The molecule has 0 saturated heterocycles. The van der Waals surface area contributed by atoms with Crippen LogP contribution in [0.15, 0.2) is 48.0 Å². The number of hydrogen-bond acceptors (Lipinski definition) is 6. The number of aryl methyl sites for hydroxylation is 1. The summed E-state index contributed by atoms with van der Waals surface area (Å²) < 4.78 is 11.2. The van der Waals surface area contributed by atoms with Gasteiger partial charge >= 0.3 is 0 Å². The number of thiazole rings is 1. The Kier molecular flexibility index (Phi) is 6.38. The van der Waals surface area contributed by atoms with Crippen LogP contribution < -0.4 is 14.8 Å². The van der Waals surface area contributed by atoms with E-state index in [1.807, 2.05) is 55.6 Å². The maximum Gasteiger partial charge on any atom is 0.226 e. The van der Waals surface area contributed by atoms with Gasteiger partial charge in [-0.05, 0) is 49.7 Å². The molecule has 1 N–H and O–H groups in total. The van der Waals surface area contributed by atoms with E-state index in [-0.39, 0.29) is 12.3 Å². The molecule has 0 aliphatic rings. The fourth-order valence-electron chi connectivity index (χ4n) is 2.42. The third-order valence-corrected chi connectivity index (χ3v) is 4.48. The first-order valence-corrected chi connectivity index (χ1v) is 9.53. The number of carbonyl (C=O) groups is 1. The molecule has 0 unspecified atom stereocenters. The maximum absolute atomic E-state index is 12.1. The molecule has 0 spiro atoms. The van der Waals surface area contributed by atoms with Crippen molar-refractivity contribution in [1.82, 2.24) is 15.3 Å². The lowest BCUT2D eigenvalue weighted by Crippen LogP contribution is -2.24. The van der Waals surface area contributed by atoms with Crippen LogP contribution in [0.4, 0.5) is 0 Å². The molecule has 0 aliphatic heterocycles. The van der Waals surface area contributed by atoms with Crippen molar-refractivity contribution in [2.75, 3.05) is 6.61 Å². The Morgan fingerprint density at radius 2 is 1.96 bits per heavy atom. The number of nitrogens with one attached hydrogen (secondary N) is 1. The van der Waals surface area contributed by atoms with Crippen LogP contribution in [0.1, 0.15) is 23.2 Å². The van der Waals surface area contributed by atoms with Crippen molar-refractivity contribution < 1.29 is 14.3 Å². The van der Waals surface area contributed by atoms with Crippen LogP contribution >= 0.6 is 11.3 Å². The zero-order valence-corrected chi connectivity index (χ0v) is 16.1. The van der Waals surface area contributed by atoms with Crippen molar-refractivity contribution in [3.63, 3.8) is 0 Å². The monoisotopic (exact) mass is 383 g/mol. The van der Waals surface area contributed by atoms with Gasteiger partial charge in [0.25, 0.3) is 0 Å². The fourth-order valence-corrected chi connectivity index (χ4v) is 3.04. The Morgan fingerprint density at radius 3 is 2.67 bits per heavy atom. The van der Waals surface area contributed by atoms with Crippen molar-refractivity contribution in [2.45, 2.75) is 26.8 Å². The number of aromatic nitrogens is 2. The van der Waals surface area contributed by atoms with Crippen LogP contribution in [0.2, 0.25) is 0 Å². The molecule has 2 heterocycles. The van der Waals surface area contributed by atoms with Crippen LogP contribution in [0.3, 0.4) is 0 Å². The smallest absolute Gasteiger partial charge is 0.226 e. The molecule has 7 heteroatoms. The topological polar surface area (TPSA) is 73.3 Å². The van der Waals surface area contributed by atoms with Crippen LogP contribution in [-0.2, 0) is 17.8 Å². The minimum Gasteiger partial charge on any atom is -0.494 e. The molecule has 1 amide bonds. The first-order chi connectivity index (χ1) is 13.1. The number of amides is 1. The van der Waals surface area contributed by atoms with E-state index >= 15 is 0 Å². The van der Waals surface area contributed by atoms with E-state index in [4.69, 9.17) is 9.47 Å². The summed E-state index contributed by atoms with van der Waals surface area (Å²) in [5.74, 6) is 1.88. The van der Waals surface area contributed by atoms with E-state index in [0.29, 0.717) is 24.8 Å².